The van der Waals surface area contributed by atoms with E-state index in [2.05, 4.69) is 11.3 Å². The molecule has 0 aliphatic heterocycles. The van der Waals surface area contributed by atoms with Gasteiger partial charge in [-0.2, -0.15) is 5.26 Å². The second-order valence-corrected chi connectivity index (χ2v) is 4.48. The molecule has 6 nitrogen and oxygen atoms in total. The Morgan fingerprint density at radius 2 is 1.67 bits per heavy atom. The van der Waals surface area contributed by atoms with Crippen LogP contribution < -0.4 is 9.47 Å². The summed E-state index contributed by atoms with van der Waals surface area (Å²) in [6.07, 6.45) is 1.04. The molecule has 0 radical (unpaired) electrons. The van der Waals surface area contributed by atoms with Crippen LogP contribution in [0.1, 0.15) is 15.9 Å². The molecule has 0 unspecified atom stereocenters. The van der Waals surface area contributed by atoms with Crippen LogP contribution in [0.15, 0.2) is 61.2 Å². The molecule has 2 aromatic rings. The molecule has 0 N–H and O–H groups in total. The molecule has 0 saturated heterocycles. The van der Waals surface area contributed by atoms with E-state index in [1.165, 1.54) is 24.3 Å². The summed E-state index contributed by atoms with van der Waals surface area (Å²) in [4.78, 5) is 22.8. The third-order valence-corrected chi connectivity index (χ3v) is 2.88. The van der Waals surface area contributed by atoms with Gasteiger partial charge in [-0.1, -0.05) is 6.58 Å². The first-order chi connectivity index (χ1) is 11.6. The normalized spacial score (nSPS) is 9.46. The van der Waals surface area contributed by atoms with Crippen molar-refractivity contribution in [1.82, 2.24) is 0 Å². The summed E-state index contributed by atoms with van der Waals surface area (Å²) in [5.41, 5.74) is 0.802. The van der Waals surface area contributed by atoms with Gasteiger partial charge in [0.05, 0.1) is 17.2 Å². The Kier molecular flexibility index (Phi) is 5.70. The van der Waals surface area contributed by atoms with E-state index in [-0.39, 0.29) is 6.79 Å². The predicted molar refractivity (Wildman–Crippen MR) is 84.3 cm³/mol. The average Bonchev–Trinajstić information content (AvgIpc) is 2.63. The van der Waals surface area contributed by atoms with E-state index in [0.717, 1.165) is 6.08 Å². The number of carbonyl (C=O) groups is 2. The molecule has 0 fully saturated rings. The molecule has 120 valence electrons. The number of benzene rings is 2. The van der Waals surface area contributed by atoms with Gasteiger partial charge in [0.25, 0.3) is 0 Å². The van der Waals surface area contributed by atoms with Crippen molar-refractivity contribution >= 4 is 11.9 Å². The fraction of sp³-hybridized carbons (Fsp3) is 0.0556. The van der Waals surface area contributed by atoms with E-state index in [9.17, 15) is 9.59 Å². The second kappa shape index (κ2) is 8.15. The van der Waals surface area contributed by atoms with E-state index in [4.69, 9.17) is 14.7 Å². The molecular weight excluding hydrogens is 310 g/mol. The van der Waals surface area contributed by atoms with Crippen LogP contribution in [-0.2, 0) is 9.53 Å². The predicted octanol–water partition coefficient (Wildman–Crippen LogP) is 2.84. The minimum atomic E-state index is -0.581. The third kappa shape index (κ3) is 4.71. The first kappa shape index (κ1) is 16.8. The summed E-state index contributed by atoms with van der Waals surface area (Å²) >= 11 is 0. The summed E-state index contributed by atoms with van der Waals surface area (Å²) in [6, 6.07) is 14.3. The molecule has 0 atom stereocenters. The van der Waals surface area contributed by atoms with E-state index < -0.39 is 11.9 Å². The van der Waals surface area contributed by atoms with Crippen molar-refractivity contribution in [2.75, 3.05) is 6.79 Å². The summed E-state index contributed by atoms with van der Waals surface area (Å²) in [6.45, 7) is 3.02. The SMILES string of the molecule is C=CC(=O)OCOc1ccc(OC(=O)c2ccc(C#N)cc2)cc1. The van der Waals surface area contributed by atoms with Crippen molar-refractivity contribution in [2.45, 2.75) is 0 Å². The van der Waals surface area contributed by atoms with Crippen LogP contribution in [0.5, 0.6) is 11.5 Å². The van der Waals surface area contributed by atoms with Crippen molar-refractivity contribution in [3.8, 4) is 17.6 Å². The molecule has 24 heavy (non-hydrogen) atoms. The van der Waals surface area contributed by atoms with Gasteiger partial charge >= 0.3 is 11.9 Å². The number of hydrogen-bond donors (Lipinski definition) is 0. The first-order valence-corrected chi connectivity index (χ1v) is 6.87. The summed E-state index contributed by atoms with van der Waals surface area (Å²) in [5.74, 6) is -0.333. The molecule has 0 bridgehead atoms. The van der Waals surface area contributed by atoms with E-state index in [1.807, 2.05) is 6.07 Å². The number of ether oxygens (including phenoxy) is 3. The Bertz CT molecular complexity index is 773. The fourth-order valence-electron chi connectivity index (χ4n) is 1.67. The molecule has 0 amide bonds. The molecule has 2 aromatic carbocycles. The van der Waals surface area contributed by atoms with Crippen LogP contribution >= 0.6 is 0 Å². The van der Waals surface area contributed by atoms with E-state index in [1.54, 1.807) is 24.3 Å². The van der Waals surface area contributed by atoms with Gasteiger partial charge in [-0.05, 0) is 48.5 Å². The molecule has 0 aliphatic rings. The molecule has 6 heteroatoms. The number of nitrogens with zero attached hydrogens (tertiary/aromatic N) is 1. The second-order valence-electron chi connectivity index (χ2n) is 4.48. The lowest BCUT2D eigenvalue weighted by molar-refractivity contribution is -0.144. The van der Waals surface area contributed by atoms with Crippen LogP contribution in [0.25, 0.3) is 0 Å². The Balaban J connectivity index is 1.90. The van der Waals surface area contributed by atoms with Crippen LogP contribution in [0.4, 0.5) is 0 Å². The standard InChI is InChI=1S/C18H13NO5/c1-2-17(20)23-12-22-15-7-9-16(10-8-15)24-18(21)14-5-3-13(11-19)4-6-14/h2-10H,1,12H2. The highest BCUT2D eigenvalue weighted by atomic mass is 16.7. The largest absolute Gasteiger partial charge is 0.457 e. The van der Waals surface area contributed by atoms with E-state index >= 15 is 0 Å². The number of carbonyl (C=O) groups excluding carboxylic acids is 2. The number of hydrogen-bond acceptors (Lipinski definition) is 6. The topological polar surface area (TPSA) is 85.6 Å². The average molecular weight is 323 g/mol. The van der Waals surface area contributed by atoms with Gasteiger partial charge in [-0.25, -0.2) is 9.59 Å². The zero-order valence-corrected chi connectivity index (χ0v) is 12.6. The summed E-state index contributed by atoms with van der Waals surface area (Å²) in [5, 5.41) is 8.72. The number of nitriles is 1. The van der Waals surface area contributed by atoms with Crippen LogP contribution in [-0.4, -0.2) is 18.7 Å². The molecule has 0 spiro atoms. The molecule has 0 saturated carbocycles. The molecule has 0 aromatic heterocycles. The van der Waals surface area contributed by atoms with Crippen molar-refractivity contribution in [1.29, 1.82) is 5.26 Å². The number of rotatable bonds is 6. The van der Waals surface area contributed by atoms with Crippen molar-refractivity contribution < 1.29 is 23.8 Å². The van der Waals surface area contributed by atoms with Gasteiger partial charge < -0.3 is 14.2 Å². The first-order valence-electron chi connectivity index (χ1n) is 6.87. The van der Waals surface area contributed by atoms with Crippen LogP contribution in [0, 0.1) is 11.3 Å². The highest BCUT2D eigenvalue weighted by Crippen LogP contribution is 2.19. The molecule has 0 aliphatic carbocycles. The van der Waals surface area contributed by atoms with Gasteiger partial charge in [-0.15, -0.1) is 0 Å². The quantitative estimate of drug-likeness (QED) is 0.352. The Morgan fingerprint density at radius 3 is 2.25 bits per heavy atom. The maximum Gasteiger partial charge on any atom is 0.343 e. The van der Waals surface area contributed by atoms with Gasteiger partial charge in [0.15, 0.2) is 0 Å². The van der Waals surface area contributed by atoms with Crippen molar-refractivity contribution in [3.05, 3.63) is 72.3 Å². The lowest BCUT2D eigenvalue weighted by atomic mass is 10.1. The Hall–Kier alpha value is -3.59. The van der Waals surface area contributed by atoms with Crippen LogP contribution in [0.2, 0.25) is 0 Å². The van der Waals surface area contributed by atoms with Crippen LogP contribution in [0.3, 0.4) is 0 Å². The van der Waals surface area contributed by atoms with E-state index in [0.29, 0.717) is 22.6 Å². The lowest BCUT2D eigenvalue weighted by Gasteiger charge is -2.07. The lowest BCUT2D eigenvalue weighted by Crippen LogP contribution is -2.09. The molecule has 2 rings (SSSR count). The minimum absolute atomic E-state index is 0.241. The number of esters is 2. The molecular formula is C18H13NO5. The maximum atomic E-state index is 12.0. The highest BCUT2D eigenvalue weighted by molar-refractivity contribution is 5.91. The van der Waals surface area contributed by atoms with Gasteiger partial charge in [0.2, 0.25) is 6.79 Å². The maximum absolute atomic E-state index is 12.0. The highest BCUT2D eigenvalue weighted by Gasteiger charge is 2.08. The summed E-state index contributed by atoms with van der Waals surface area (Å²) < 4.78 is 15.1. The van der Waals surface area contributed by atoms with Gasteiger partial charge in [0.1, 0.15) is 11.5 Å². The van der Waals surface area contributed by atoms with Gasteiger partial charge in [-0.3, -0.25) is 0 Å². The summed E-state index contributed by atoms with van der Waals surface area (Å²) in [7, 11) is 0. The molecule has 0 heterocycles. The zero-order valence-electron chi connectivity index (χ0n) is 12.6. The Labute approximate surface area is 138 Å². The third-order valence-electron chi connectivity index (χ3n) is 2.88. The minimum Gasteiger partial charge on any atom is -0.457 e. The van der Waals surface area contributed by atoms with Crippen molar-refractivity contribution in [2.24, 2.45) is 0 Å². The zero-order chi connectivity index (χ0) is 17.4. The Morgan fingerprint density at radius 1 is 1.04 bits per heavy atom. The van der Waals surface area contributed by atoms with Crippen molar-refractivity contribution in [3.63, 3.8) is 0 Å². The smallest absolute Gasteiger partial charge is 0.343 e. The fourth-order valence-corrected chi connectivity index (χ4v) is 1.67. The monoisotopic (exact) mass is 323 g/mol. The van der Waals surface area contributed by atoms with Gasteiger partial charge in [0, 0.05) is 6.08 Å².